The zero-order valence-electron chi connectivity index (χ0n) is 18.2. The van der Waals surface area contributed by atoms with Crippen molar-refractivity contribution in [3.8, 4) is 5.75 Å². The fourth-order valence-corrected chi connectivity index (χ4v) is 5.72. The van der Waals surface area contributed by atoms with Gasteiger partial charge in [-0.05, 0) is 44.7 Å². The van der Waals surface area contributed by atoms with Gasteiger partial charge in [0.2, 0.25) is 15.9 Å². The largest absolute Gasteiger partial charge is 0.573 e. The van der Waals surface area contributed by atoms with Crippen molar-refractivity contribution in [3.05, 3.63) is 24.3 Å². The van der Waals surface area contributed by atoms with Gasteiger partial charge >= 0.3 is 12.3 Å². The number of esters is 1. The van der Waals surface area contributed by atoms with Gasteiger partial charge in [0, 0.05) is 38.2 Å². The fraction of sp³-hybridized carbons (Fsp3) is 0.619. The second-order valence-corrected chi connectivity index (χ2v) is 10.0. The Morgan fingerprint density at radius 3 is 2.42 bits per heavy atom. The predicted octanol–water partition coefficient (Wildman–Crippen LogP) is 2.79. The molecule has 3 rings (SSSR count). The van der Waals surface area contributed by atoms with Crippen LogP contribution in [-0.4, -0.2) is 68.6 Å². The van der Waals surface area contributed by atoms with Gasteiger partial charge in [-0.15, -0.1) is 13.2 Å². The van der Waals surface area contributed by atoms with Crippen LogP contribution in [0.15, 0.2) is 29.2 Å². The van der Waals surface area contributed by atoms with Crippen molar-refractivity contribution in [1.82, 2.24) is 9.21 Å². The van der Waals surface area contributed by atoms with Gasteiger partial charge in [0.15, 0.2) is 0 Å². The molecule has 12 heteroatoms. The fourth-order valence-electron chi connectivity index (χ4n) is 4.21. The molecule has 0 N–H and O–H groups in total. The first-order valence-corrected chi connectivity index (χ1v) is 12.3. The Kier molecular flexibility index (Phi) is 7.88. The number of likely N-dealkylation sites (tertiary alicyclic amines) is 1. The third-order valence-corrected chi connectivity index (χ3v) is 7.73. The average Bonchev–Trinajstić information content (AvgIpc) is 2.78. The molecule has 33 heavy (non-hydrogen) atoms. The van der Waals surface area contributed by atoms with Crippen LogP contribution < -0.4 is 4.74 Å². The Morgan fingerprint density at radius 1 is 1.09 bits per heavy atom. The van der Waals surface area contributed by atoms with Gasteiger partial charge in [-0.1, -0.05) is 6.07 Å². The second kappa shape index (κ2) is 10.3. The van der Waals surface area contributed by atoms with Crippen LogP contribution in [0, 0.1) is 11.8 Å². The van der Waals surface area contributed by atoms with Crippen molar-refractivity contribution in [2.24, 2.45) is 11.8 Å². The molecule has 0 spiro atoms. The van der Waals surface area contributed by atoms with E-state index in [1.165, 1.54) is 16.4 Å². The minimum absolute atomic E-state index is 0.0677. The molecule has 184 valence electrons. The Morgan fingerprint density at radius 2 is 1.79 bits per heavy atom. The molecular weight excluding hydrogens is 465 g/mol. The summed E-state index contributed by atoms with van der Waals surface area (Å²) in [5.41, 5.74) is 0. The standard InChI is InChI=1S/C21H27F3N2O6S/c1-2-31-20(28)16-5-4-10-25(14-16)19(27)15-8-11-26(12-9-15)33(29,30)18-7-3-6-17(13-18)32-21(22,23)24/h3,6-7,13,15-16H,2,4-5,8-12,14H2,1H3/t16-/m1/s1. The van der Waals surface area contributed by atoms with Crippen molar-refractivity contribution in [1.29, 1.82) is 0 Å². The van der Waals surface area contributed by atoms with E-state index in [4.69, 9.17) is 4.74 Å². The normalized spacial score (nSPS) is 21.0. The molecule has 1 amide bonds. The van der Waals surface area contributed by atoms with E-state index in [1.807, 2.05) is 0 Å². The highest BCUT2D eigenvalue weighted by molar-refractivity contribution is 7.89. The van der Waals surface area contributed by atoms with Gasteiger partial charge in [-0.3, -0.25) is 9.59 Å². The summed E-state index contributed by atoms with van der Waals surface area (Å²) >= 11 is 0. The molecule has 2 aliphatic heterocycles. The van der Waals surface area contributed by atoms with E-state index in [2.05, 4.69) is 4.74 Å². The van der Waals surface area contributed by atoms with Gasteiger partial charge in [-0.25, -0.2) is 8.42 Å². The zero-order valence-corrected chi connectivity index (χ0v) is 19.0. The zero-order chi connectivity index (χ0) is 24.2. The number of sulfonamides is 1. The number of halogens is 3. The number of nitrogens with zero attached hydrogens (tertiary/aromatic N) is 2. The molecule has 2 aliphatic rings. The number of hydrogen-bond donors (Lipinski definition) is 0. The van der Waals surface area contributed by atoms with Gasteiger partial charge in [0.1, 0.15) is 5.75 Å². The number of carbonyl (C=O) groups excluding carboxylic acids is 2. The second-order valence-electron chi connectivity index (χ2n) is 8.08. The Balaban J connectivity index is 1.60. The maximum absolute atomic E-state index is 13.0. The summed E-state index contributed by atoms with van der Waals surface area (Å²) in [7, 11) is -4.04. The highest BCUT2D eigenvalue weighted by Crippen LogP contribution is 2.30. The van der Waals surface area contributed by atoms with Gasteiger partial charge in [0.05, 0.1) is 17.4 Å². The van der Waals surface area contributed by atoms with Crippen LogP contribution in [-0.2, 0) is 24.3 Å². The van der Waals surface area contributed by atoms with Crippen LogP contribution in [0.4, 0.5) is 13.2 Å². The Bertz CT molecular complexity index is 961. The number of hydrogen-bond acceptors (Lipinski definition) is 6. The van der Waals surface area contributed by atoms with Gasteiger partial charge in [0.25, 0.3) is 0 Å². The maximum Gasteiger partial charge on any atom is 0.573 e. The molecule has 2 fully saturated rings. The van der Waals surface area contributed by atoms with Crippen molar-refractivity contribution < 1.29 is 40.7 Å². The average molecular weight is 493 g/mol. The lowest BCUT2D eigenvalue weighted by molar-refractivity contribution is -0.274. The first-order chi connectivity index (χ1) is 15.5. The molecule has 8 nitrogen and oxygen atoms in total. The number of ether oxygens (including phenoxy) is 2. The number of amides is 1. The van der Waals surface area contributed by atoms with Crippen molar-refractivity contribution >= 4 is 21.9 Å². The number of rotatable bonds is 6. The smallest absolute Gasteiger partial charge is 0.466 e. The molecule has 2 heterocycles. The first-order valence-electron chi connectivity index (χ1n) is 10.8. The highest BCUT2D eigenvalue weighted by Gasteiger charge is 2.37. The summed E-state index contributed by atoms with van der Waals surface area (Å²) < 4.78 is 73.2. The molecule has 0 aromatic heterocycles. The number of piperidine rings is 2. The minimum Gasteiger partial charge on any atom is -0.466 e. The van der Waals surface area contributed by atoms with Crippen LogP contribution in [0.5, 0.6) is 5.75 Å². The maximum atomic E-state index is 13.0. The van der Waals surface area contributed by atoms with Crippen LogP contribution >= 0.6 is 0 Å². The molecule has 0 bridgehead atoms. The number of carbonyl (C=O) groups is 2. The summed E-state index contributed by atoms with van der Waals surface area (Å²) in [6.07, 6.45) is -2.99. The molecule has 1 atom stereocenters. The van der Waals surface area contributed by atoms with Gasteiger partial charge < -0.3 is 14.4 Å². The van der Waals surface area contributed by atoms with E-state index in [0.717, 1.165) is 12.1 Å². The summed E-state index contributed by atoms with van der Waals surface area (Å²) in [6.45, 7) is 2.98. The van der Waals surface area contributed by atoms with Crippen LogP contribution in [0.1, 0.15) is 32.6 Å². The molecule has 1 aromatic rings. The highest BCUT2D eigenvalue weighted by atomic mass is 32.2. The Hall–Kier alpha value is -2.34. The van der Waals surface area contributed by atoms with E-state index in [-0.39, 0.29) is 61.1 Å². The van der Waals surface area contributed by atoms with Crippen molar-refractivity contribution in [2.45, 2.75) is 43.9 Å². The topological polar surface area (TPSA) is 93.2 Å². The summed E-state index contributed by atoms with van der Waals surface area (Å²) in [6, 6.07) is 4.25. The third-order valence-electron chi connectivity index (χ3n) is 5.83. The third kappa shape index (κ3) is 6.38. The van der Waals surface area contributed by atoms with E-state index < -0.39 is 22.1 Å². The van der Waals surface area contributed by atoms with Crippen molar-refractivity contribution in [2.75, 3.05) is 32.8 Å². The monoisotopic (exact) mass is 492 g/mol. The molecule has 0 radical (unpaired) electrons. The van der Waals surface area contributed by atoms with Crippen LogP contribution in [0.2, 0.25) is 0 Å². The quantitative estimate of drug-likeness (QED) is 0.567. The summed E-state index contributed by atoms with van der Waals surface area (Å²) in [4.78, 5) is 26.3. The van der Waals surface area contributed by atoms with E-state index >= 15 is 0 Å². The first kappa shape index (κ1) is 25.3. The molecular formula is C21H27F3N2O6S. The van der Waals surface area contributed by atoms with E-state index in [9.17, 15) is 31.2 Å². The van der Waals surface area contributed by atoms with Crippen LogP contribution in [0.3, 0.4) is 0 Å². The molecule has 0 saturated carbocycles. The van der Waals surface area contributed by atoms with E-state index in [0.29, 0.717) is 25.9 Å². The minimum atomic E-state index is -4.93. The lowest BCUT2D eigenvalue weighted by Crippen LogP contribution is -2.48. The molecule has 0 aliphatic carbocycles. The van der Waals surface area contributed by atoms with E-state index in [1.54, 1.807) is 11.8 Å². The predicted molar refractivity (Wildman–Crippen MR) is 111 cm³/mol. The van der Waals surface area contributed by atoms with Gasteiger partial charge in [-0.2, -0.15) is 4.31 Å². The summed E-state index contributed by atoms with van der Waals surface area (Å²) in [5.74, 6) is -1.77. The summed E-state index contributed by atoms with van der Waals surface area (Å²) in [5, 5.41) is 0. The Labute approximate surface area is 190 Å². The molecule has 1 aromatic carbocycles. The SMILES string of the molecule is CCOC(=O)[C@@H]1CCCN(C(=O)C2CCN(S(=O)(=O)c3cccc(OC(F)(F)F)c3)CC2)C1. The number of alkyl halides is 3. The molecule has 2 saturated heterocycles. The lowest BCUT2D eigenvalue weighted by atomic mass is 9.93. The lowest BCUT2D eigenvalue weighted by Gasteiger charge is -2.36. The number of benzene rings is 1. The molecule has 0 unspecified atom stereocenters. The van der Waals surface area contributed by atoms with Crippen molar-refractivity contribution in [3.63, 3.8) is 0 Å². The van der Waals surface area contributed by atoms with Crippen LogP contribution in [0.25, 0.3) is 0 Å².